The third-order valence-electron chi connectivity index (χ3n) is 3.00. The molecule has 17 heavy (non-hydrogen) atoms. The van der Waals surface area contributed by atoms with Crippen LogP contribution in [-0.2, 0) is 14.6 Å². The summed E-state index contributed by atoms with van der Waals surface area (Å²) in [6, 6.07) is 0. The van der Waals surface area contributed by atoms with Gasteiger partial charge < -0.3 is 4.74 Å². The van der Waals surface area contributed by atoms with Crippen molar-refractivity contribution in [2.24, 2.45) is 0 Å². The van der Waals surface area contributed by atoms with Crippen molar-refractivity contribution in [3.63, 3.8) is 0 Å². The molecule has 1 fully saturated rings. The monoisotopic (exact) mass is 327 g/mol. The Kier molecular flexibility index (Phi) is 5.43. The molecule has 1 unspecified atom stereocenters. The number of hydrogen-bond acceptors (Lipinski definition) is 4. The summed E-state index contributed by atoms with van der Waals surface area (Å²) in [5.74, 6) is 0.228. The summed E-state index contributed by atoms with van der Waals surface area (Å²) >= 11 is 3.39. The molecule has 0 amide bonds. The lowest BCUT2D eigenvalue weighted by atomic mass is 10.3. The summed E-state index contributed by atoms with van der Waals surface area (Å²) in [5, 5.41) is 0.801. The molecular weight excluding hydrogens is 306 g/mol. The van der Waals surface area contributed by atoms with Gasteiger partial charge in [0.05, 0.1) is 23.2 Å². The molecule has 0 N–H and O–H groups in total. The molecule has 0 aliphatic carbocycles. The van der Waals surface area contributed by atoms with Crippen molar-refractivity contribution in [3.8, 4) is 0 Å². The lowest BCUT2D eigenvalue weighted by Crippen LogP contribution is -2.46. The number of morpholine rings is 1. The molecule has 6 heteroatoms. The van der Waals surface area contributed by atoms with E-state index in [4.69, 9.17) is 4.74 Å². The van der Waals surface area contributed by atoms with E-state index >= 15 is 0 Å². The zero-order chi connectivity index (χ0) is 13.1. The summed E-state index contributed by atoms with van der Waals surface area (Å²) in [6.07, 6.45) is 0.182. The molecule has 0 saturated carbocycles. The normalized spacial score (nSPS) is 23.9. The number of nitrogens with zero attached hydrogens (tertiary/aromatic N) is 1. The fraction of sp³-hybridized carbons (Fsp3) is 1.00. The number of rotatable bonds is 4. The highest BCUT2D eigenvalue weighted by Gasteiger charge is 2.30. The van der Waals surface area contributed by atoms with Gasteiger partial charge in [-0.15, -0.1) is 0 Å². The molecule has 0 spiro atoms. The Morgan fingerprint density at radius 1 is 1.41 bits per heavy atom. The summed E-state index contributed by atoms with van der Waals surface area (Å²) in [4.78, 5) is 2.17. The van der Waals surface area contributed by atoms with Crippen LogP contribution in [0.15, 0.2) is 0 Å². The van der Waals surface area contributed by atoms with E-state index in [1.54, 1.807) is 20.8 Å². The average Bonchev–Trinajstić information content (AvgIpc) is 2.25. The van der Waals surface area contributed by atoms with E-state index in [1.165, 1.54) is 0 Å². The standard InChI is InChI=1S/C11H22BrNO3S/c1-11(2,3)17(14,15)7-5-13-4-6-16-10(8-12)9-13/h10H,4-9H2,1-3H3. The third-order valence-corrected chi connectivity index (χ3v) is 6.31. The lowest BCUT2D eigenvalue weighted by molar-refractivity contribution is -0.0128. The SMILES string of the molecule is CC(C)(C)S(=O)(=O)CCN1CCOC(CBr)C1. The second-order valence-corrected chi connectivity index (χ2v) is 8.89. The van der Waals surface area contributed by atoms with Gasteiger partial charge >= 0.3 is 0 Å². The molecule has 0 aromatic carbocycles. The van der Waals surface area contributed by atoms with E-state index in [-0.39, 0.29) is 11.9 Å². The van der Waals surface area contributed by atoms with Crippen LogP contribution in [0.1, 0.15) is 20.8 Å². The molecule has 102 valence electrons. The molecular formula is C11H22BrNO3S. The molecule has 1 heterocycles. The van der Waals surface area contributed by atoms with Gasteiger partial charge in [-0.25, -0.2) is 8.42 Å². The first-order chi connectivity index (χ1) is 7.76. The third kappa shape index (κ3) is 4.50. The van der Waals surface area contributed by atoms with Crippen molar-refractivity contribution in [2.45, 2.75) is 31.6 Å². The number of alkyl halides is 1. The molecule has 1 rings (SSSR count). The van der Waals surface area contributed by atoms with Crippen LogP contribution in [0.4, 0.5) is 0 Å². The van der Waals surface area contributed by atoms with Gasteiger partial charge in [-0.05, 0) is 20.8 Å². The summed E-state index contributed by atoms with van der Waals surface area (Å²) in [7, 11) is -3.02. The van der Waals surface area contributed by atoms with E-state index in [9.17, 15) is 8.42 Å². The van der Waals surface area contributed by atoms with Crippen LogP contribution in [0.5, 0.6) is 0 Å². The minimum Gasteiger partial charge on any atom is -0.375 e. The molecule has 1 atom stereocenters. The Bertz CT molecular complexity index is 337. The predicted octanol–water partition coefficient (Wildman–Crippen LogP) is 1.30. The largest absolute Gasteiger partial charge is 0.375 e. The molecule has 0 aromatic rings. The summed E-state index contributed by atoms with van der Waals surface area (Å²) < 4.78 is 28.8. The topological polar surface area (TPSA) is 46.6 Å². The van der Waals surface area contributed by atoms with Crippen LogP contribution in [0.2, 0.25) is 0 Å². The fourth-order valence-electron chi connectivity index (χ4n) is 1.63. The average molecular weight is 328 g/mol. The van der Waals surface area contributed by atoms with Crippen molar-refractivity contribution in [3.05, 3.63) is 0 Å². The Morgan fingerprint density at radius 2 is 2.06 bits per heavy atom. The van der Waals surface area contributed by atoms with Crippen molar-refractivity contribution in [1.29, 1.82) is 0 Å². The second kappa shape index (κ2) is 5.99. The van der Waals surface area contributed by atoms with Crippen molar-refractivity contribution < 1.29 is 13.2 Å². The van der Waals surface area contributed by atoms with Gasteiger partial charge in [0.15, 0.2) is 9.84 Å². The van der Waals surface area contributed by atoms with Crippen LogP contribution < -0.4 is 0 Å². The Balaban J connectivity index is 2.46. The smallest absolute Gasteiger partial charge is 0.156 e. The summed E-state index contributed by atoms with van der Waals surface area (Å²) in [6.45, 7) is 8.18. The number of ether oxygens (including phenoxy) is 1. The Hall–Kier alpha value is 0.350. The highest BCUT2D eigenvalue weighted by molar-refractivity contribution is 9.09. The van der Waals surface area contributed by atoms with Gasteiger partial charge in [0, 0.05) is 25.0 Å². The van der Waals surface area contributed by atoms with Crippen LogP contribution in [0.3, 0.4) is 0 Å². The molecule has 0 radical (unpaired) electrons. The van der Waals surface area contributed by atoms with E-state index < -0.39 is 14.6 Å². The van der Waals surface area contributed by atoms with Gasteiger partial charge in [-0.1, -0.05) is 15.9 Å². The first-order valence-electron chi connectivity index (χ1n) is 5.88. The first kappa shape index (κ1) is 15.4. The van der Waals surface area contributed by atoms with E-state index in [0.29, 0.717) is 13.2 Å². The maximum atomic E-state index is 12.0. The molecule has 4 nitrogen and oxygen atoms in total. The molecule has 1 aliphatic heterocycles. The van der Waals surface area contributed by atoms with E-state index in [0.717, 1.165) is 18.4 Å². The van der Waals surface area contributed by atoms with Gasteiger partial charge in [-0.3, -0.25) is 4.90 Å². The summed E-state index contributed by atoms with van der Waals surface area (Å²) in [5.41, 5.74) is 0. The maximum absolute atomic E-state index is 12.0. The zero-order valence-electron chi connectivity index (χ0n) is 10.8. The second-order valence-electron chi connectivity index (χ2n) is 5.38. The predicted molar refractivity (Wildman–Crippen MR) is 73.5 cm³/mol. The molecule has 0 aromatic heterocycles. The fourth-order valence-corrected chi connectivity index (χ4v) is 3.13. The van der Waals surface area contributed by atoms with Crippen molar-refractivity contribution in [2.75, 3.05) is 37.3 Å². The van der Waals surface area contributed by atoms with Crippen LogP contribution >= 0.6 is 15.9 Å². The van der Waals surface area contributed by atoms with Crippen molar-refractivity contribution in [1.82, 2.24) is 4.90 Å². The van der Waals surface area contributed by atoms with Gasteiger partial charge in [0.2, 0.25) is 0 Å². The first-order valence-corrected chi connectivity index (χ1v) is 8.66. The minimum absolute atomic E-state index is 0.182. The van der Waals surface area contributed by atoms with Crippen LogP contribution in [0.25, 0.3) is 0 Å². The Morgan fingerprint density at radius 3 is 2.59 bits per heavy atom. The minimum atomic E-state index is -3.02. The number of halogens is 1. The van der Waals surface area contributed by atoms with Crippen LogP contribution in [-0.4, -0.2) is 61.5 Å². The van der Waals surface area contributed by atoms with E-state index in [2.05, 4.69) is 20.8 Å². The number of hydrogen-bond donors (Lipinski definition) is 0. The molecule has 1 aliphatic rings. The zero-order valence-corrected chi connectivity index (χ0v) is 13.2. The van der Waals surface area contributed by atoms with Crippen molar-refractivity contribution >= 4 is 25.8 Å². The quantitative estimate of drug-likeness (QED) is 0.730. The number of sulfone groups is 1. The maximum Gasteiger partial charge on any atom is 0.156 e. The molecule has 1 saturated heterocycles. The van der Waals surface area contributed by atoms with E-state index in [1.807, 2.05) is 0 Å². The van der Waals surface area contributed by atoms with Gasteiger partial charge in [0.25, 0.3) is 0 Å². The Labute approximate surface area is 113 Å². The van der Waals surface area contributed by atoms with Gasteiger partial charge in [-0.2, -0.15) is 0 Å². The highest BCUT2D eigenvalue weighted by Crippen LogP contribution is 2.16. The van der Waals surface area contributed by atoms with Gasteiger partial charge in [0.1, 0.15) is 0 Å². The molecule has 0 bridgehead atoms. The lowest BCUT2D eigenvalue weighted by Gasteiger charge is -2.32. The van der Waals surface area contributed by atoms with Crippen LogP contribution in [0, 0.1) is 0 Å². The highest BCUT2D eigenvalue weighted by atomic mass is 79.9.